The van der Waals surface area contributed by atoms with E-state index >= 15 is 0 Å². The van der Waals surface area contributed by atoms with E-state index in [0.717, 1.165) is 13.1 Å². The number of benzene rings is 2. The third-order valence-electron chi connectivity index (χ3n) is 6.09. The number of hydrogen-bond acceptors (Lipinski definition) is 6. The highest BCUT2D eigenvalue weighted by molar-refractivity contribution is 6.46. The van der Waals surface area contributed by atoms with Crippen LogP contribution in [0.2, 0.25) is 5.02 Å². The van der Waals surface area contributed by atoms with Crippen molar-refractivity contribution < 1.29 is 24.2 Å². The second-order valence-electron chi connectivity index (χ2n) is 8.10. The molecule has 188 valence electrons. The molecule has 1 fully saturated rings. The molecule has 2 aromatic rings. The van der Waals surface area contributed by atoms with E-state index in [1.807, 2.05) is 19.9 Å². The third kappa shape index (κ3) is 5.80. The number of likely N-dealkylation sites (tertiary alicyclic amines) is 1. The van der Waals surface area contributed by atoms with Crippen molar-refractivity contribution in [2.24, 2.45) is 0 Å². The number of carbonyl (C=O) groups is 2. The summed E-state index contributed by atoms with van der Waals surface area (Å²) in [4.78, 5) is 30.1. The summed E-state index contributed by atoms with van der Waals surface area (Å²) in [5.74, 6) is -0.482. The monoisotopic (exact) mass is 500 g/mol. The minimum absolute atomic E-state index is 0.0449. The number of amides is 1. The van der Waals surface area contributed by atoms with E-state index in [2.05, 4.69) is 18.7 Å². The molecule has 0 bridgehead atoms. The molecule has 1 aliphatic rings. The summed E-state index contributed by atoms with van der Waals surface area (Å²) in [5.41, 5.74) is 1.12. The molecular formula is C27H33ClN2O5. The lowest BCUT2D eigenvalue weighted by atomic mass is 9.95. The minimum Gasteiger partial charge on any atom is -0.507 e. The van der Waals surface area contributed by atoms with Gasteiger partial charge in [0.2, 0.25) is 0 Å². The number of likely N-dealkylation sites (N-methyl/N-ethyl adjacent to an activating group) is 1. The van der Waals surface area contributed by atoms with Crippen LogP contribution in [0.15, 0.2) is 48.0 Å². The Morgan fingerprint density at radius 1 is 0.971 bits per heavy atom. The summed E-state index contributed by atoms with van der Waals surface area (Å²) in [6, 6.07) is 11.1. The Balaban J connectivity index is 2.14. The fraction of sp³-hybridized carbons (Fsp3) is 0.407. The van der Waals surface area contributed by atoms with Crippen molar-refractivity contribution in [2.45, 2.75) is 33.7 Å². The van der Waals surface area contributed by atoms with Gasteiger partial charge in [0, 0.05) is 23.7 Å². The zero-order chi connectivity index (χ0) is 25.5. The van der Waals surface area contributed by atoms with Crippen LogP contribution in [-0.4, -0.2) is 66.0 Å². The standard InChI is InChI=1S/C27H33ClN2O5/c1-5-29(6-2)15-16-30-24(19-11-14-21(34-7-3)22(17-19)35-8-4)23(26(32)27(30)33)25(31)18-9-12-20(28)13-10-18/h9-14,17,24,31H,5-8,15-16H2,1-4H3/b25-23+. The van der Waals surface area contributed by atoms with Gasteiger partial charge in [-0.3, -0.25) is 9.59 Å². The van der Waals surface area contributed by atoms with Crippen molar-refractivity contribution >= 4 is 29.1 Å². The summed E-state index contributed by atoms with van der Waals surface area (Å²) in [6.07, 6.45) is 0. The van der Waals surface area contributed by atoms with E-state index < -0.39 is 17.7 Å². The van der Waals surface area contributed by atoms with Crippen molar-refractivity contribution in [1.29, 1.82) is 0 Å². The average Bonchev–Trinajstić information content (AvgIpc) is 3.11. The summed E-state index contributed by atoms with van der Waals surface area (Å²) < 4.78 is 11.5. The van der Waals surface area contributed by atoms with Crippen molar-refractivity contribution in [2.75, 3.05) is 39.4 Å². The molecule has 0 radical (unpaired) electrons. The van der Waals surface area contributed by atoms with Gasteiger partial charge < -0.3 is 24.4 Å². The number of nitrogens with zero attached hydrogens (tertiary/aromatic N) is 2. The van der Waals surface area contributed by atoms with Gasteiger partial charge in [-0.2, -0.15) is 0 Å². The van der Waals surface area contributed by atoms with Gasteiger partial charge >= 0.3 is 0 Å². The first-order valence-corrected chi connectivity index (χ1v) is 12.4. The number of rotatable bonds is 11. The van der Waals surface area contributed by atoms with Crippen molar-refractivity contribution in [3.05, 3.63) is 64.2 Å². The number of ether oxygens (including phenoxy) is 2. The Bertz CT molecular complexity index is 1080. The predicted molar refractivity (Wildman–Crippen MR) is 137 cm³/mol. The minimum atomic E-state index is -0.767. The van der Waals surface area contributed by atoms with Crippen LogP contribution >= 0.6 is 11.6 Å². The number of Topliss-reactive ketones (excluding diaryl/α,β-unsaturated/α-hetero) is 1. The zero-order valence-corrected chi connectivity index (χ0v) is 21.5. The molecule has 0 aromatic heterocycles. The Morgan fingerprint density at radius 2 is 1.60 bits per heavy atom. The van der Waals surface area contributed by atoms with Crippen molar-refractivity contribution in [1.82, 2.24) is 9.80 Å². The summed E-state index contributed by atoms with van der Waals surface area (Å²) in [7, 11) is 0. The Labute approximate surface area is 211 Å². The van der Waals surface area contributed by atoms with Crippen LogP contribution in [0.25, 0.3) is 5.76 Å². The SMILES string of the molecule is CCOc1ccc(C2/C(=C(\O)c3ccc(Cl)cc3)C(=O)C(=O)N2CCN(CC)CC)cc1OCC. The summed E-state index contributed by atoms with van der Waals surface area (Å²) in [5, 5.41) is 11.7. The van der Waals surface area contributed by atoms with Crippen LogP contribution in [-0.2, 0) is 9.59 Å². The average molecular weight is 501 g/mol. The van der Waals surface area contributed by atoms with E-state index in [0.29, 0.717) is 54.0 Å². The Morgan fingerprint density at radius 3 is 2.20 bits per heavy atom. The maximum absolute atomic E-state index is 13.2. The van der Waals surface area contributed by atoms with Crippen LogP contribution in [0.3, 0.4) is 0 Å². The largest absolute Gasteiger partial charge is 0.507 e. The van der Waals surface area contributed by atoms with E-state index in [9.17, 15) is 14.7 Å². The van der Waals surface area contributed by atoms with E-state index in [1.54, 1.807) is 36.4 Å². The molecular weight excluding hydrogens is 468 g/mol. The maximum Gasteiger partial charge on any atom is 0.295 e. The van der Waals surface area contributed by atoms with Gasteiger partial charge in [-0.05, 0) is 68.9 Å². The number of halogens is 1. The maximum atomic E-state index is 13.2. The molecule has 1 aliphatic heterocycles. The molecule has 2 aromatic carbocycles. The van der Waals surface area contributed by atoms with Gasteiger partial charge in [-0.15, -0.1) is 0 Å². The first-order valence-electron chi connectivity index (χ1n) is 12.0. The lowest BCUT2D eigenvalue weighted by Crippen LogP contribution is -2.38. The molecule has 1 amide bonds. The quantitative estimate of drug-likeness (QED) is 0.268. The number of hydrogen-bond donors (Lipinski definition) is 1. The highest BCUT2D eigenvalue weighted by Gasteiger charge is 2.46. The Kier molecular flexibility index (Phi) is 9.18. The van der Waals surface area contributed by atoms with Crippen LogP contribution < -0.4 is 9.47 Å². The molecule has 0 spiro atoms. The molecule has 0 saturated carbocycles. The van der Waals surface area contributed by atoms with Gasteiger partial charge in [0.1, 0.15) is 5.76 Å². The number of carbonyl (C=O) groups excluding carboxylic acids is 2. The van der Waals surface area contributed by atoms with E-state index in [1.165, 1.54) is 4.90 Å². The van der Waals surface area contributed by atoms with Crippen LogP contribution in [0.1, 0.15) is 44.9 Å². The molecule has 1 unspecified atom stereocenters. The second-order valence-corrected chi connectivity index (χ2v) is 8.53. The first kappa shape index (κ1) is 26.6. The summed E-state index contributed by atoms with van der Waals surface area (Å²) >= 11 is 6.00. The van der Waals surface area contributed by atoms with Gasteiger partial charge in [0.05, 0.1) is 24.8 Å². The van der Waals surface area contributed by atoms with Gasteiger partial charge in [-0.25, -0.2) is 0 Å². The van der Waals surface area contributed by atoms with Crippen molar-refractivity contribution in [3.8, 4) is 11.5 Å². The zero-order valence-electron chi connectivity index (χ0n) is 20.7. The fourth-order valence-corrected chi connectivity index (χ4v) is 4.37. The van der Waals surface area contributed by atoms with E-state index in [-0.39, 0.29) is 11.3 Å². The molecule has 1 N–H and O–H groups in total. The lowest BCUT2D eigenvalue weighted by molar-refractivity contribution is -0.140. The lowest BCUT2D eigenvalue weighted by Gasteiger charge is -2.28. The number of aliphatic hydroxyl groups is 1. The van der Waals surface area contributed by atoms with Gasteiger partial charge in [0.25, 0.3) is 11.7 Å². The topological polar surface area (TPSA) is 79.3 Å². The number of aliphatic hydroxyl groups excluding tert-OH is 1. The fourth-order valence-electron chi connectivity index (χ4n) is 4.25. The van der Waals surface area contributed by atoms with Crippen LogP contribution in [0.5, 0.6) is 11.5 Å². The smallest absolute Gasteiger partial charge is 0.295 e. The second kappa shape index (κ2) is 12.1. The molecule has 8 heteroatoms. The predicted octanol–water partition coefficient (Wildman–Crippen LogP) is 4.90. The third-order valence-corrected chi connectivity index (χ3v) is 6.34. The highest BCUT2D eigenvalue weighted by Crippen LogP contribution is 2.42. The molecule has 7 nitrogen and oxygen atoms in total. The molecule has 3 rings (SSSR count). The Hall–Kier alpha value is -3.03. The molecule has 1 atom stereocenters. The molecule has 0 aliphatic carbocycles. The molecule has 1 heterocycles. The first-order chi connectivity index (χ1) is 16.9. The molecule has 1 saturated heterocycles. The van der Waals surface area contributed by atoms with Crippen molar-refractivity contribution in [3.63, 3.8) is 0 Å². The van der Waals surface area contributed by atoms with Crippen LogP contribution in [0.4, 0.5) is 0 Å². The highest BCUT2D eigenvalue weighted by atomic mass is 35.5. The van der Waals surface area contributed by atoms with Crippen LogP contribution in [0, 0.1) is 0 Å². The number of ketones is 1. The normalized spacial score (nSPS) is 17.3. The molecule has 35 heavy (non-hydrogen) atoms. The van der Waals surface area contributed by atoms with E-state index in [4.69, 9.17) is 21.1 Å². The van der Waals surface area contributed by atoms with Gasteiger partial charge in [0.15, 0.2) is 11.5 Å². The van der Waals surface area contributed by atoms with Gasteiger partial charge in [-0.1, -0.05) is 31.5 Å². The summed E-state index contributed by atoms with van der Waals surface area (Å²) in [6.45, 7) is 11.4.